The largest absolute Gasteiger partial charge is 0.507 e. The molecule has 3 heterocycles. The number of phenolic OH excluding ortho intramolecular Hbond substituents is 1. The molecule has 0 aromatic heterocycles. The van der Waals surface area contributed by atoms with Crippen molar-refractivity contribution in [2.75, 3.05) is 28.2 Å². The molecule has 0 bridgehead atoms. The second kappa shape index (κ2) is 46.2. The molecule has 47 heteroatoms. The number of benzene rings is 14. The van der Waals surface area contributed by atoms with E-state index in [1.165, 1.54) is 94.9 Å². The van der Waals surface area contributed by atoms with E-state index >= 15 is 0 Å². The summed E-state index contributed by atoms with van der Waals surface area (Å²) in [5, 5.41) is 27.7. The zero-order chi connectivity index (χ0) is 105. The number of rotatable bonds is 15. The molecule has 0 spiro atoms. The van der Waals surface area contributed by atoms with Gasteiger partial charge in [-0.15, -0.1) is 0 Å². The van der Waals surface area contributed by atoms with Gasteiger partial charge in [-0.2, -0.15) is 34.8 Å². The van der Waals surface area contributed by atoms with Gasteiger partial charge in [-0.25, -0.2) is 61.0 Å². The average molecular weight is 2300 g/mol. The Morgan fingerprint density at radius 3 is 0.965 bits per heavy atom. The molecule has 14 aromatic carbocycles. The van der Waals surface area contributed by atoms with E-state index < -0.39 is 115 Å². The highest BCUT2D eigenvalue weighted by Gasteiger charge is 2.64. The SMILES string of the molecule is CC1(C)OB(B2OC(C)(C)C(C)(C)O2)OC1(C)C.CNS(=O)(=O)c1ccc2c(B3OC(C)(C)C(C)(C)O3)cccc2c1.CNS(=O)(=O)c1ccc2c(Br)cccc2c1.CNS(=O)(=O)c1ccc2c(O)cccc2c1.CNS(=O)(=O)c1ccc2c(Oc3ccc(C(F)(F)F)cc3)cccc2c1.O.O=S(=O)(Cl)c1ccc2c(Br)cccc2c1.O=S(=O)(O)c1ccc2c(Br)cccc2c1.O[B]c1ccc(C(F)(F)F)cc1. The molecule has 14 aromatic rings. The van der Waals surface area contributed by atoms with Crippen LogP contribution in [0, 0.1) is 0 Å². The zero-order valence-corrected chi connectivity index (χ0v) is 90.0. The number of hydrogen-bond donors (Lipinski definition) is 7. The fourth-order valence-electron chi connectivity index (χ4n) is 13.7. The predicted octanol–water partition coefficient (Wildman–Crippen LogP) is 19.3. The van der Waals surface area contributed by atoms with Crippen molar-refractivity contribution in [2.45, 2.75) is 158 Å². The molecular formula is C96H101B4Br3ClF6N4O23S6. The monoisotopic (exact) mass is 2300 g/mol. The van der Waals surface area contributed by atoms with Crippen molar-refractivity contribution in [1.29, 1.82) is 0 Å². The van der Waals surface area contributed by atoms with E-state index in [0.29, 0.717) is 32.8 Å². The van der Waals surface area contributed by atoms with E-state index in [9.17, 15) is 82.0 Å². The Morgan fingerprint density at radius 2 is 0.622 bits per heavy atom. The minimum Gasteiger partial charge on any atom is -0.507 e. The Bertz CT molecular complexity index is 7430. The summed E-state index contributed by atoms with van der Waals surface area (Å²) in [5.74, 6) is 0.805. The van der Waals surface area contributed by atoms with Crippen molar-refractivity contribution >= 4 is 222 Å². The lowest BCUT2D eigenvalue weighted by Gasteiger charge is -2.32. The molecule has 27 nitrogen and oxygen atoms in total. The maximum Gasteiger partial charge on any atom is 0.495 e. The number of sulfonamides is 4. The van der Waals surface area contributed by atoms with Crippen molar-refractivity contribution in [3.8, 4) is 17.2 Å². The number of fused-ring (bicyclic) bond motifs is 6. The lowest BCUT2D eigenvalue weighted by atomic mass is 9.49. The maximum atomic E-state index is 12.6. The van der Waals surface area contributed by atoms with Gasteiger partial charge in [-0.3, -0.25) is 4.55 Å². The third-order valence-electron chi connectivity index (χ3n) is 23.9. The van der Waals surface area contributed by atoms with Crippen LogP contribution in [0.5, 0.6) is 17.2 Å². The number of halogens is 10. The molecule has 0 unspecified atom stereocenters. The second-order valence-corrected chi connectivity index (χ2v) is 48.9. The number of ether oxygens (including phenoxy) is 1. The minimum atomic E-state index is -4.41. The molecule has 0 atom stereocenters. The van der Waals surface area contributed by atoms with E-state index in [4.69, 9.17) is 52.9 Å². The number of phenols is 1. The highest BCUT2D eigenvalue weighted by molar-refractivity contribution is 9.11. The van der Waals surface area contributed by atoms with Gasteiger partial charge in [-0.05, 0) is 310 Å². The summed E-state index contributed by atoms with van der Waals surface area (Å²) in [6, 6.07) is 69.6. The van der Waals surface area contributed by atoms with Crippen LogP contribution in [0.15, 0.2) is 310 Å². The Kier molecular flexibility index (Phi) is 38.0. The Morgan fingerprint density at radius 1 is 0.350 bits per heavy atom. The molecule has 9 N–H and O–H groups in total. The van der Waals surface area contributed by atoms with Gasteiger partial charge in [0.2, 0.25) is 40.1 Å². The highest BCUT2D eigenvalue weighted by atomic mass is 79.9. The zero-order valence-electron chi connectivity index (χ0n) is 79.5. The van der Waals surface area contributed by atoms with Crippen molar-refractivity contribution in [3.05, 3.63) is 291 Å². The molecule has 0 amide bonds. The van der Waals surface area contributed by atoms with Crippen LogP contribution in [-0.4, -0.2) is 161 Å². The van der Waals surface area contributed by atoms with Crippen LogP contribution in [0.2, 0.25) is 0 Å². The fraction of sp³-hybridized carbons (Fsp3) is 0.250. The quantitative estimate of drug-likeness (QED) is 0.0217. The van der Waals surface area contributed by atoms with Gasteiger partial charge in [0, 0.05) is 34.9 Å². The van der Waals surface area contributed by atoms with Crippen molar-refractivity contribution in [2.24, 2.45) is 0 Å². The van der Waals surface area contributed by atoms with Gasteiger partial charge in [0.1, 0.15) is 17.2 Å². The molecule has 17 rings (SSSR count). The molecular weight excluding hydrogens is 2200 g/mol. The summed E-state index contributed by atoms with van der Waals surface area (Å²) in [5.41, 5.74) is -2.50. The molecule has 3 aliphatic heterocycles. The number of hydrogen-bond acceptors (Lipinski definition) is 21. The maximum absolute atomic E-state index is 12.6. The van der Waals surface area contributed by atoms with Crippen molar-refractivity contribution in [1.82, 2.24) is 18.9 Å². The molecule has 0 aliphatic carbocycles. The first-order valence-corrected chi connectivity index (χ1v) is 54.9. The second-order valence-electron chi connectivity index (χ2n) is 34.9. The Hall–Kier alpha value is -9.01. The predicted molar refractivity (Wildman–Crippen MR) is 558 cm³/mol. The first kappa shape index (κ1) is 118. The number of aromatic hydroxyl groups is 1. The first-order chi connectivity index (χ1) is 65.7. The minimum absolute atomic E-state index is 0. The third-order valence-corrected chi connectivity index (χ3v) is 33.8. The van der Waals surface area contributed by atoms with E-state index in [1.54, 1.807) is 115 Å². The van der Waals surface area contributed by atoms with Crippen LogP contribution in [0.4, 0.5) is 26.3 Å². The van der Waals surface area contributed by atoms with Crippen LogP contribution in [0.3, 0.4) is 0 Å². The highest BCUT2D eigenvalue weighted by Crippen LogP contribution is 2.45. The van der Waals surface area contributed by atoms with E-state index in [1.807, 2.05) is 144 Å². The first-order valence-electron chi connectivity index (χ1n) is 42.8. The van der Waals surface area contributed by atoms with Gasteiger partial charge in [-0.1, -0.05) is 181 Å². The molecule has 3 fully saturated rings. The number of nitrogens with one attached hydrogen (secondary N) is 4. The van der Waals surface area contributed by atoms with Crippen LogP contribution in [0.25, 0.3) is 64.6 Å². The summed E-state index contributed by atoms with van der Waals surface area (Å²) in [6.07, 6.45) is -8.72. The van der Waals surface area contributed by atoms with Crippen LogP contribution < -0.4 is 34.6 Å². The molecule has 761 valence electrons. The summed E-state index contributed by atoms with van der Waals surface area (Å²) >= 11 is 10.2. The van der Waals surface area contributed by atoms with E-state index in [-0.39, 0.29) is 68.8 Å². The van der Waals surface area contributed by atoms with Gasteiger partial charge in [0.15, 0.2) is 0 Å². The van der Waals surface area contributed by atoms with Gasteiger partial charge >= 0.3 is 41.0 Å². The molecule has 143 heavy (non-hydrogen) atoms. The van der Waals surface area contributed by atoms with Gasteiger partial charge in [0.25, 0.3) is 19.2 Å². The fourth-order valence-corrected chi connectivity index (χ4v) is 19.6. The lowest BCUT2D eigenvalue weighted by Crippen LogP contribution is -2.41. The average Bonchev–Trinajstić information content (AvgIpc) is 1.59. The van der Waals surface area contributed by atoms with E-state index in [0.717, 1.165) is 93.7 Å². The van der Waals surface area contributed by atoms with Crippen LogP contribution in [0.1, 0.15) is 94.2 Å². The van der Waals surface area contributed by atoms with Crippen LogP contribution in [-0.2, 0) is 99.5 Å². The Balaban J connectivity index is 0.000000184. The molecule has 3 saturated heterocycles. The normalized spacial score (nSPS) is 15.7. The summed E-state index contributed by atoms with van der Waals surface area (Å²) in [4.78, 5) is 0.847. The van der Waals surface area contributed by atoms with Crippen LogP contribution >= 0.6 is 58.5 Å². The summed E-state index contributed by atoms with van der Waals surface area (Å²) in [6.45, 7) is 24.2. The van der Waals surface area contributed by atoms with Gasteiger partial charge in [0.05, 0.1) is 74.1 Å². The third kappa shape index (κ3) is 29.1. The van der Waals surface area contributed by atoms with Crippen molar-refractivity contribution < 1.29 is 130 Å². The molecule has 0 saturated carbocycles. The topological polar surface area (TPSA) is 410 Å². The molecule has 1 radical (unpaired) electrons. The standard InChI is InChI=1S/C18H14F3NO3S.C17H22BNO4S.C12H24B2O4.C11H10BrNO2S.C11H11NO3S.C10H6BrClO2S.C10H7BrO3S.C7H5BF3O.H2O/c1-22-26(23,24)15-9-10-16-12(11-15)3-2-4-17(16)25-14-7-5-13(6-8-14)18(19,20)21;1-16(2)17(3,4)23-18(22-16)15-8-6-7-12-11-13(9-10-14(12)15)24(20,21)19-5;1-9(2)10(3,4)16-13(15-9)14-17-11(5,6)12(7,8)18-14;1-13-16(14,15)9-5-6-10-8(7-9)3-2-4-11(10)12;1-12-16(14,15)9-5-6-10-8(7-9)3-2-4-11(10)13;2*11-10-3-1-2-7-6-8(15(12,13)14)4-5-9(7)10;9-7(10,11)5-1-3-6(8-12)4-2-5;/h2-11,22H,1H3;6-11,19H,1-5H3;1-8H3;2-7,13H,1H3;2-7,12-13H,1H3;1-6H;1-6H,(H,12,13,14);1-4,12H;1H2. The molecule has 3 aliphatic rings. The summed E-state index contributed by atoms with van der Waals surface area (Å²) < 4.78 is 274. The summed E-state index contributed by atoms with van der Waals surface area (Å²) in [7, 11) is -11.6. The van der Waals surface area contributed by atoms with E-state index in [2.05, 4.69) is 66.7 Å². The number of alkyl halides is 6. The lowest BCUT2D eigenvalue weighted by molar-refractivity contribution is -0.138. The van der Waals surface area contributed by atoms with Gasteiger partial charge < -0.3 is 48.3 Å². The van der Waals surface area contributed by atoms with Crippen molar-refractivity contribution in [3.63, 3.8) is 0 Å². The Labute approximate surface area is 858 Å². The smallest absolute Gasteiger partial charge is 0.495 e.